The summed E-state index contributed by atoms with van der Waals surface area (Å²) >= 11 is 0. The number of hydrogen-bond donors (Lipinski definition) is 2. The molecule has 0 unspecified atom stereocenters. The van der Waals surface area contributed by atoms with Crippen molar-refractivity contribution in [3.8, 4) is 0 Å². The van der Waals surface area contributed by atoms with Gasteiger partial charge in [-0.15, -0.1) is 0 Å². The Morgan fingerprint density at radius 1 is 1.24 bits per heavy atom. The molecule has 0 saturated carbocycles. The minimum atomic E-state index is -0.240. The summed E-state index contributed by atoms with van der Waals surface area (Å²) in [4.78, 5) is 19.7. The normalized spacial score (nSPS) is 9.88. The summed E-state index contributed by atoms with van der Waals surface area (Å²) in [6, 6.07) is 8.77. The van der Waals surface area contributed by atoms with E-state index in [1.807, 2.05) is 18.2 Å². The predicted octanol–water partition coefficient (Wildman–Crippen LogP) is 0.989. The Kier molecular flexibility index (Phi) is 3.30. The zero-order valence-corrected chi connectivity index (χ0v) is 9.13. The maximum absolute atomic E-state index is 11.7. The molecule has 0 aliphatic rings. The first-order chi connectivity index (χ1) is 8.25. The van der Waals surface area contributed by atoms with Gasteiger partial charge in [-0.05, 0) is 24.3 Å². The molecule has 17 heavy (non-hydrogen) atoms. The fraction of sp³-hybridized carbons (Fsp3) is 0.0833. The molecule has 0 saturated heterocycles. The van der Waals surface area contributed by atoms with Crippen LogP contribution in [0.5, 0.6) is 0 Å². The number of carbonyl (C=O) groups excluding carboxylic acids is 1. The molecule has 2 rings (SSSR count). The smallest absolute Gasteiger partial charge is 0.270 e. The van der Waals surface area contributed by atoms with Crippen molar-refractivity contribution >= 4 is 11.6 Å². The summed E-state index contributed by atoms with van der Waals surface area (Å²) < 4.78 is 0. The van der Waals surface area contributed by atoms with Crippen molar-refractivity contribution in [3.63, 3.8) is 0 Å². The minimum Gasteiger partial charge on any atom is -0.397 e. The molecule has 0 spiro atoms. The molecule has 2 aromatic heterocycles. The highest BCUT2D eigenvalue weighted by atomic mass is 16.1. The second kappa shape index (κ2) is 5.07. The average molecular weight is 228 g/mol. The molecule has 2 aromatic rings. The van der Waals surface area contributed by atoms with Gasteiger partial charge < -0.3 is 11.1 Å². The highest BCUT2D eigenvalue weighted by Gasteiger charge is 2.06. The molecule has 3 N–H and O–H groups in total. The number of rotatable bonds is 3. The highest BCUT2D eigenvalue weighted by Crippen LogP contribution is 2.01. The summed E-state index contributed by atoms with van der Waals surface area (Å²) in [5, 5.41) is 2.73. The number of nitrogens with two attached hydrogens (primary N) is 1. The number of nitrogens with zero attached hydrogens (tertiary/aromatic N) is 2. The number of nitrogen functional groups attached to an aromatic ring is 1. The first kappa shape index (κ1) is 11.1. The van der Waals surface area contributed by atoms with E-state index in [4.69, 9.17) is 5.73 Å². The SMILES string of the molecule is Nc1ccc(C(=O)NCc2ccccn2)nc1. The number of anilines is 1. The molecular formula is C12H12N4O. The van der Waals surface area contributed by atoms with Crippen LogP contribution in [0.1, 0.15) is 16.2 Å². The summed E-state index contributed by atoms with van der Waals surface area (Å²) in [7, 11) is 0. The second-order valence-corrected chi connectivity index (χ2v) is 3.48. The van der Waals surface area contributed by atoms with E-state index in [1.165, 1.54) is 6.20 Å². The first-order valence-electron chi connectivity index (χ1n) is 5.15. The molecule has 0 fully saturated rings. The Hall–Kier alpha value is -2.43. The lowest BCUT2D eigenvalue weighted by Crippen LogP contribution is -2.24. The van der Waals surface area contributed by atoms with Crippen molar-refractivity contribution in [3.05, 3.63) is 54.1 Å². The van der Waals surface area contributed by atoms with E-state index in [2.05, 4.69) is 15.3 Å². The van der Waals surface area contributed by atoms with Gasteiger partial charge >= 0.3 is 0 Å². The Morgan fingerprint density at radius 3 is 2.76 bits per heavy atom. The van der Waals surface area contributed by atoms with Crippen LogP contribution in [-0.4, -0.2) is 15.9 Å². The van der Waals surface area contributed by atoms with Crippen molar-refractivity contribution in [2.45, 2.75) is 6.54 Å². The zero-order valence-electron chi connectivity index (χ0n) is 9.13. The van der Waals surface area contributed by atoms with Crippen molar-refractivity contribution in [2.75, 3.05) is 5.73 Å². The van der Waals surface area contributed by atoms with Gasteiger partial charge in [0.25, 0.3) is 5.91 Å². The Balaban J connectivity index is 1.96. The molecule has 2 heterocycles. The second-order valence-electron chi connectivity index (χ2n) is 3.48. The molecule has 86 valence electrons. The fourth-order valence-electron chi connectivity index (χ4n) is 1.30. The average Bonchev–Trinajstić information content (AvgIpc) is 2.38. The van der Waals surface area contributed by atoms with Gasteiger partial charge in [-0.1, -0.05) is 6.07 Å². The van der Waals surface area contributed by atoms with Gasteiger partial charge in [0.05, 0.1) is 24.1 Å². The van der Waals surface area contributed by atoms with E-state index in [0.717, 1.165) is 5.69 Å². The van der Waals surface area contributed by atoms with Crippen molar-refractivity contribution < 1.29 is 4.79 Å². The topological polar surface area (TPSA) is 80.9 Å². The largest absolute Gasteiger partial charge is 0.397 e. The Labute approximate surface area is 98.7 Å². The maximum atomic E-state index is 11.7. The van der Waals surface area contributed by atoms with E-state index in [0.29, 0.717) is 17.9 Å². The fourth-order valence-corrected chi connectivity index (χ4v) is 1.30. The van der Waals surface area contributed by atoms with E-state index in [-0.39, 0.29) is 5.91 Å². The lowest BCUT2D eigenvalue weighted by atomic mass is 10.3. The lowest BCUT2D eigenvalue weighted by Gasteiger charge is -2.04. The van der Waals surface area contributed by atoms with Crippen LogP contribution in [0.3, 0.4) is 0 Å². The molecular weight excluding hydrogens is 216 g/mol. The van der Waals surface area contributed by atoms with Crippen LogP contribution in [0.15, 0.2) is 42.7 Å². The third-order valence-corrected chi connectivity index (χ3v) is 2.18. The van der Waals surface area contributed by atoms with Crippen molar-refractivity contribution in [2.24, 2.45) is 0 Å². The number of pyridine rings is 2. The standard InChI is InChI=1S/C12H12N4O/c13-9-4-5-11(15-7-9)12(17)16-8-10-3-1-2-6-14-10/h1-7H,8,13H2,(H,16,17). The van der Waals surface area contributed by atoms with E-state index in [9.17, 15) is 4.79 Å². The molecule has 0 aliphatic carbocycles. The number of carbonyl (C=O) groups is 1. The Bertz CT molecular complexity index is 496. The van der Waals surface area contributed by atoms with Crippen molar-refractivity contribution in [1.82, 2.24) is 15.3 Å². The molecule has 0 aliphatic heterocycles. The number of hydrogen-bond acceptors (Lipinski definition) is 4. The third kappa shape index (κ3) is 3.01. The van der Waals surface area contributed by atoms with Crippen LogP contribution in [0, 0.1) is 0 Å². The van der Waals surface area contributed by atoms with E-state index in [1.54, 1.807) is 18.3 Å². The quantitative estimate of drug-likeness (QED) is 0.820. The highest BCUT2D eigenvalue weighted by molar-refractivity contribution is 5.92. The zero-order chi connectivity index (χ0) is 12.1. The summed E-state index contributed by atoms with van der Waals surface area (Å²) in [5.41, 5.74) is 7.17. The molecule has 5 nitrogen and oxygen atoms in total. The monoisotopic (exact) mass is 228 g/mol. The molecule has 1 amide bonds. The summed E-state index contributed by atoms with van der Waals surface area (Å²) in [5.74, 6) is -0.240. The van der Waals surface area contributed by atoms with Gasteiger partial charge in [-0.25, -0.2) is 4.98 Å². The molecule has 0 radical (unpaired) electrons. The van der Waals surface area contributed by atoms with Crippen LogP contribution in [-0.2, 0) is 6.54 Å². The Morgan fingerprint density at radius 2 is 2.12 bits per heavy atom. The molecule has 5 heteroatoms. The number of amides is 1. The van der Waals surface area contributed by atoms with Crippen LogP contribution >= 0.6 is 0 Å². The van der Waals surface area contributed by atoms with Crippen molar-refractivity contribution in [1.29, 1.82) is 0 Å². The summed E-state index contributed by atoms with van der Waals surface area (Å²) in [6.45, 7) is 0.381. The van der Waals surface area contributed by atoms with Gasteiger partial charge in [0.2, 0.25) is 0 Å². The van der Waals surface area contributed by atoms with Crippen LogP contribution < -0.4 is 11.1 Å². The molecule has 0 atom stereocenters. The van der Waals surface area contributed by atoms with Gasteiger partial charge in [0, 0.05) is 6.20 Å². The van der Waals surface area contributed by atoms with E-state index >= 15 is 0 Å². The van der Waals surface area contributed by atoms with Gasteiger partial charge in [0.15, 0.2) is 0 Å². The molecule has 0 aromatic carbocycles. The molecule has 0 bridgehead atoms. The van der Waals surface area contributed by atoms with Gasteiger partial charge in [-0.3, -0.25) is 9.78 Å². The van der Waals surface area contributed by atoms with Crippen LogP contribution in [0.25, 0.3) is 0 Å². The van der Waals surface area contributed by atoms with Crippen LogP contribution in [0.2, 0.25) is 0 Å². The maximum Gasteiger partial charge on any atom is 0.270 e. The van der Waals surface area contributed by atoms with Gasteiger partial charge in [-0.2, -0.15) is 0 Å². The summed E-state index contributed by atoms with van der Waals surface area (Å²) in [6.07, 6.45) is 3.14. The third-order valence-electron chi connectivity index (χ3n) is 2.18. The number of nitrogens with one attached hydrogen (secondary N) is 1. The predicted molar refractivity (Wildman–Crippen MR) is 64.1 cm³/mol. The first-order valence-corrected chi connectivity index (χ1v) is 5.15. The van der Waals surface area contributed by atoms with Gasteiger partial charge in [0.1, 0.15) is 5.69 Å². The van der Waals surface area contributed by atoms with Crippen LogP contribution in [0.4, 0.5) is 5.69 Å². The van der Waals surface area contributed by atoms with E-state index < -0.39 is 0 Å². The lowest BCUT2D eigenvalue weighted by molar-refractivity contribution is 0.0945. The number of aromatic nitrogens is 2. The minimum absolute atomic E-state index is 0.240.